The molecule has 1 aromatic carbocycles. The van der Waals surface area contributed by atoms with Crippen LogP contribution in [0.2, 0.25) is 0 Å². The predicted molar refractivity (Wildman–Crippen MR) is 128 cm³/mol. The van der Waals surface area contributed by atoms with Gasteiger partial charge < -0.3 is 24.3 Å². The number of carboxylic acids is 2. The minimum Gasteiger partial charge on any atom is -0.475 e. The van der Waals surface area contributed by atoms with E-state index in [-0.39, 0.29) is 0 Å². The van der Waals surface area contributed by atoms with Gasteiger partial charge in [-0.15, -0.1) is 0 Å². The van der Waals surface area contributed by atoms with Crippen molar-refractivity contribution in [2.75, 3.05) is 33.0 Å². The molecular weight excluding hydrogens is 552 g/mol. The van der Waals surface area contributed by atoms with Gasteiger partial charge in [0.25, 0.3) is 0 Å². The molecule has 15 heteroatoms. The summed E-state index contributed by atoms with van der Waals surface area (Å²) in [6, 6.07) is 10.7. The highest BCUT2D eigenvalue weighted by atomic mass is 19.4. The van der Waals surface area contributed by atoms with Gasteiger partial charge in [0, 0.05) is 58.1 Å². The molecule has 0 aliphatic carbocycles. The zero-order valence-corrected chi connectivity index (χ0v) is 21.6. The summed E-state index contributed by atoms with van der Waals surface area (Å²) in [7, 11) is 2.10. The van der Waals surface area contributed by atoms with E-state index in [4.69, 9.17) is 29.3 Å². The van der Waals surface area contributed by atoms with Gasteiger partial charge >= 0.3 is 24.3 Å². The Hall–Kier alpha value is -3.17. The Bertz CT molecular complexity index is 1050. The molecule has 0 saturated carbocycles. The van der Waals surface area contributed by atoms with Crippen molar-refractivity contribution in [3.63, 3.8) is 0 Å². The zero-order valence-electron chi connectivity index (χ0n) is 21.6. The maximum atomic E-state index is 10.6. The molecule has 4 rings (SSSR count). The standard InChI is InChI=1S/C21H29N3O2.2C2HF3O2/c1-23-16-22-20-13-24(11-17-5-3-2-4-6-17)12-19(21(20)23)15-26-14-18-7-9-25-10-8-18;2*3-2(4,5)1(6)7/h2-6,16,18-19H,7-15H2,1H3;2*(H,6,7). The summed E-state index contributed by atoms with van der Waals surface area (Å²) < 4.78 is 77.3. The SMILES string of the molecule is Cn1cnc2c1C(COCC1CCOCC1)CN(Cc1ccccc1)C2.O=C(O)C(F)(F)F.O=C(O)C(F)(F)F. The largest absolute Gasteiger partial charge is 0.490 e. The van der Waals surface area contributed by atoms with E-state index in [1.54, 1.807) is 0 Å². The number of hydrogen-bond acceptors (Lipinski definition) is 6. The van der Waals surface area contributed by atoms with E-state index < -0.39 is 24.3 Å². The maximum Gasteiger partial charge on any atom is 0.490 e. The van der Waals surface area contributed by atoms with Crippen LogP contribution in [-0.2, 0) is 39.2 Å². The molecule has 1 atom stereocenters. The Labute approximate surface area is 226 Å². The Balaban J connectivity index is 0.000000333. The lowest BCUT2D eigenvalue weighted by Crippen LogP contribution is -2.36. The number of carboxylic acid groups (broad SMARTS) is 2. The number of hydrogen-bond donors (Lipinski definition) is 2. The quantitative estimate of drug-likeness (QED) is 0.486. The number of benzene rings is 1. The fourth-order valence-corrected chi connectivity index (χ4v) is 4.19. The smallest absolute Gasteiger partial charge is 0.475 e. The van der Waals surface area contributed by atoms with Crippen LogP contribution in [0, 0.1) is 5.92 Å². The normalized spacial score (nSPS) is 18.0. The first-order chi connectivity index (χ1) is 18.7. The summed E-state index contributed by atoms with van der Waals surface area (Å²) in [5.74, 6) is -4.48. The molecule has 0 bridgehead atoms. The van der Waals surface area contributed by atoms with Gasteiger partial charge in [-0.1, -0.05) is 30.3 Å². The molecule has 0 radical (unpaired) electrons. The molecule has 1 fully saturated rings. The van der Waals surface area contributed by atoms with E-state index in [0.29, 0.717) is 11.8 Å². The molecule has 0 spiro atoms. The third-order valence-electron chi connectivity index (χ3n) is 6.05. The minimum absolute atomic E-state index is 0.384. The number of fused-ring (bicyclic) bond motifs is 1. The summed E-state index contributed by atoms with van der Waals surface area (Å²) >= 11 is 0. The fraction of sp³-hybridized carbons (Fsp3) is 0.560. The van der Waals surface area contributed by atoms with Crippen LogP contribution in [-0.4, -0.2) is 81.9 Å². The number of aromatic nitrogens is 2. The number of rotatable bonds is 6. The Morgan fingerprint density at radius 3 is 2.08 bits per heavy atom. The van der Waals surface area contributed by atoms with E-state index in [1.165, 1.54) is 17.0 Å². The number of halogens is 6. The van der Waals surface area contributed by atoms with Gasteiger partial charge in [-0.25, -0.2) is 14.6 Å². The van der Waals surface area contributed by atoms with Crippen molar-refractivity contribution in [2.24, 2.45) is 13.0 Å². The van der Waals surface area contributed by atoms with Gasteiger partial charge in [-0.3, -0.25) is 4.90 Å². The molecule has 2 aliphatic heterocycles. The summed E-state index contributed by atoms with van der Waals surface area (Å²) in [5.41, 5.74) is 3.91. The van der Waals surface area contributed by atoms with E-state index in [2.05, 4.69) is 51.8 Å². The zero-order chi connectivity index (χ0) is 29.9. The van der Waals surface area contributed by atoms with Gasteiger partial charge in [-0.05, 0) is 24.3 Å². The third-order valence-corrected chi connectivity index (χ3v) is 6.05. The molecule has 2 aliphatic rings. The Morgan fingerprint density at radius 2 is 1.55 bits per heavy atom. The van der Waals surface area contributed by atoms with E-state index in [9.17, 15) is 26.3 Å². The van der Waals surface area contributed by atoms with Crippen LogP contribution in [0.25, 0.3) is 0 Å². The number of ether oxygens (including phenoxy) is 2. The highest BCUT2D eigenvalue weighted by molar-refractivity contribution is 5.73. The number of aryl methyl sites for hydroxylation is 1. The third kappa shape index (κ3) is 11.1. The molecule has 2 aromatic rings. The lowest BCUT2D eigenvalue weighted by atomic mass is 9.98. The molecule has 1 unspecified atom stereocenters. The average Bonchev–Trinajstić information content (AvgIpc) is 3.25. The Kier molecular flexibility index (Phi) is 12.4. The number of imidazole rings is 1. The second kappa shape index (κ2) is 15.0. The lowest BCUT2D eigenvalue weighted by molar-refractivity contribution is -0.193. The van der Waals surface area contributed by atoms with E-state index in [0.717, 1.165) is 58.9 Å². The van der Waals surface area contributed by atoms with Crippen LogP contribution in [0.1, 0.15) is 35.7 Å². The van der Waals surface area contributed by atoms with Crippen molar-refractivity contribution in [3.05, 3.63) is 53.6 Å². The first-order valence-corrected chi connectivity index (χ1v) is 12.2. The summed E-state index contributed by atoms with van der Waals surface area (Å²) in [4.78, 5) is 24.9. The van der Waals surface area contributed by atoms with Crippen LogP contribution in [0.4, 0.5) is 26.3 Å². The Morgan fingerprint density at radius 1 is 1.00 bits per heavy atom. The molecule has 3 heterocycles. The molecule has 1 aromatic heterocycles. The average molecular weight is 584 g/mol. The first kappa shape index (κ1) is 33.0. The fourth-order valence-electron chi connectivity index (χ4n) is 4.19. The monoisotopic (exact) mass is 583 g/mol. The van der Waals surface area contributed by atoms with Crippen molar-refractivity contribution in [2.45, 2.75) is 44.2 Å². The molecule has 9 nitrogen and oxygen atoms in total. The number of carbonyl (C=O) groups is 2. The molecule has 2 N–H and O–H groups in total. The van der Waals surface area contributed by atoms with E-state index >= 15 is 0 Å². The lowest BCUT2D eigenvalue weighted by Gasteiger charge is -2.33. The number of nitrogens with zero attached hydrogens (tertiary/aromatic N) is 3. The molecule has 40 heavy (non-hydrogen) atoms. The highest BCUT2D eigenvalue weighted by Crippen LogP contribution is 2.29. The van der Waals surface area contributed by atoms with Crippen LogP contribution in [0.3, 0.4) is 0 Å². The summed E-state index contributed by atoms with van der Waals surface area (Å²) in [6.45, 7) is 6.30. The second-order valence-corrected chi connectivity index (χ2v) is 9.24. The molecular formula is C25H31F6N3O6. The maximum absolute atomic E-state index is 10.6. The molecule has 1 saturated heterocycles. The minimum atomic E-state index is -5.08. The van der Waals surface area contributed by atoms with Gasteiger partial charge in [0.05, 0.1) is 18.6 Å². The van der Waals surface area contributed by atoms with Crippen molar-refractivity contribution >= 4 is 11.9 Å². The van der Waals surface area contributed by atoms with Gasteiger partial charge in [0.2, 0.25) is 0 Å². The topological polar surface area (TPSA) is 114 Å². The summed E-state index contributed by atoms with van der Waals surface area (Å²) in [5, 5.41) is 14.2. The number of alkyl halides is 6. The highest BCUT2D eigenvalue weighted by Gasteiger charge is 2.39. The van der Waals surface area contributed by atoms with Gasteiger partial charge in [-0.2, -0.15) is 26.3 Å². The van der Waals surface area contributed by atoms with Gasteiger partial charge in [0.1, 0.15) is 0 Å². The van der Waals surface area contributed by atoms with E-state index in [1.807, 2.05) is 6.33 Å². The van der Waals surface area contributed by atoms with Crippen molar-refractivity contribution in [1.29, 1.82) is 0 Å². The molecule has 224 valence electrons. The molecule has 0 amide bonds. The van der Waals surface area contributed by atoms with Crippen molar-refractivity contribution in [1.82, 2.24) is 14.5 Å². The predicted octanol–water partition coefficient (Wildman–Crippen LogP) is 4.23. The second-order valence-electron chi connectivity index (χ2n) is 9.24. The van der Waals surface area contributed by atoms with Crippen LogP contribution >= 0.6 is 0 Å². The van der Waals surface area contributed by atoms with Crippen LogP contribution in [0.5, 0.6) is 0 Å². The van der Waals surface area contributed by atoms with Crippen molar-refractivity contribution in [3.8, 4) is 0 Å². The van der Waals surface area contributed by atoms with Crippen LogP contribution in [0.15, 0.2) is 36.7 Å². The summed E-state index contributed by atoms with van der Waals surface area (Å²) in [6.07, 6.45) is -5.97. The van der Waals surface area contributed by atoms with Gasteiger partial charge in [0.15, 0.2) is 0 Å². The number of aliphatic carboxylic acids is 2. The first-order valence-electron chi connectivity index (χ1n) is 12.2. The van der Waals surface area contributed by atoms with Crippen LogP contribution < -0.4 is 0 Å². The van der Waals surface area contributed by atoms with Crippen molar-refractivity contribution < 1.29 is 55.6 Å².